The van der Waals surface area contributed by atoms with Gasteiger partial charge in [0.25, 0.3) is 0 Å². The van der Waals surface area contributed by atoms with E-state index in [0.29, 0.717) is 24.1 Å². The van der Waals surface area contributed by atoms with Crippen molar-refractivity contribution in [3.8, 4) is 11.5 Å². The Balaban J connectivity index is 1.45. The van der Waals surface area contributed by atoms with Gasteiger partial charge < -0.3 is 20.1 Å². The molecule has 0 saturated heterocycles. The number of carbonyl (C=O) groups excluding carboxylic acids is 1. The zero-order valence-corrected chi connectivity index (χ0v) is 17.0. The van der Waals surface area contributed by atoms with Gasteiger partial charge in [0.05, 0.1) is 13.7 Å². The Morgan fingerprint density at radius 1 is 1.07 bits per heavy atom. The van der Waals surface area contributed by atoms with Crippen molar-refractivity contribution in [1.82, 2.24) is 15.3 Å². The molecule has 0 atom stereocenters. The Morgan fingerprint density at radius 2 is 1.86 bits per heavy atom. The molecule has 0 unspecified atom stereocenters. The minimum absolute atomic E-state index is 0.283. The third-order valence-electron chi connectivity index (χ3n) is 3.89. The first-order valence-corrected chi connectivity index (χ1v) is 9.83. The number of nitrogens with one attached hydrogen (secondary N) is 2. The average molecular weight is 410 g/mol. The highest BCUT2D eigenvalue weighted by molar-refractivity contribution is 7.99. The Kier molecular flexibility index (Phi) is 7.29. The summed E-state index contributed by atoms with van der Waals surface area (Å²) in [6.07, 6.45) is 3.42. The van der Waals surface area contributed by atoms with Crippen molar-refractivity contribution in [2.75, 3.05) is 25.6 Å². The van der Waals surface area contributed by atoms with E-state index in [1.807, 2.05) is 43.3 Å². The van der Waals surface area contributed by atoms with Crippen LogP contribution in [0.15, 0.2) is 71.0 Å². The summed E-state index contributed by atoms with van der Waals surface area (Å²) in [5, 5.41) is 6.31. The fraction of sp³-hybridized carbons (Fsp3) is 0.190. The molecule has 0 aliphatic heterocycles. The maximum atomic E-state index is 12.1. The number of rotatable bonds is 8. The number of nitrogens with zero attached hydrogens (tertiary/aromatic N) is 2. The standard InChI is InChI=1S/C21H22N4O3S/c1-15-13-18(29-21-23-9-4-10-24-21)7-8-19(15)25-20(26)22-11-12-28-17-6-3-5-16(14-17)27-2/h3-10,13-14H,11-12H2,1-2H3,(H2,22,25,26). The number of anilines is 1. The second kappa shape index (κ2) is 10.3. The molecule has 1 aromatic heterocycles. The van der Waals surface area contributed by atoms with E-state index in [1.165, 1.54) is 11.8 Å². The summed E-state index contributed by atoms with van der Waals surface area (Å²) in [4.78, 5) is 21.5. The van der Waals surface area contributed by atoms with Crippen LogP contribution in [0.4, 0.5) is 10.5 Å². The third kappa shape index (κ3) is 6.39. The largest absolute Gasteiger partial charge is 0.497 e. The molecule has 0 aliphatic rings. The highest BCUT2D eigenvalue weighted by Crippen LogP contribution is 2.27. The van der Waals surface area contributed by atoms with Gasteiger partial charge in [0.2, 0.25) is 0 Å². The van der Waals surface area contributed by atoms with Gasteiger partial charge in [-0.1, -0.05) is 6.07 Å². The Labute approximate surface area is 173 Å². The van der Waals surface area contributed by atoms with E-state index in [2.05, 4.69) is 20.6 Å². The number of benzene rings is 2. The van der Waals surface area contributed by atoms with E-state index in [1.54, 1.807) is 31.6 Å². The van der Waals surface area contributed by atoms with Gasteiger partial charge in [-0.25, -0.2) is 14.8 Å². The average Bonchev–Trinajstić information content (AvgIpc) is 2.74. The first-order valence-electron chi connectivity index (χ1n) is 9.01. The van der Waals surface area contributed by atoms with Crippen LogP contribution >= 0.6 is 11.8 Å². The van der Waals surface area contributed by atoms with Crippen molar-refractivity contribution in [2.45, 2.75) is 17.0 Å². The van der Waals surface area contributed by atoms with Crippen LogP contribution in [-0.4, -0.2) is 36.3 Å². The summed E-state index contributed by atoms with van der Waals surface area (Å²) in [5.74, 6) is 1.42. The Hall–Kier alpha value is -3.26. The lowest BCUT2D eigenvalue weighted by Crippen LogP contribution is -2.32. The molecule has 7 nitrogen and oxygen atoms in total. The monoisotopic (exact) mass is 410 g/mol. The molecule has 0 aliphatic carbocycles. The van der Waals surface area contributed by atoms with E-state index < -0.39 is 0 Å². The molecule has 3 aromatic rings. The summed E-state index contributed by atoms with van der Waals surface area (Å²) >= 11 is 1.47. The fourth-order valence-electron chi connectivity index (χ4n) is 2.47. The second-order valence-corrected chi connectivity index (χ2v) is 7.06. The first kappa shape index (κ1) is 20.5. The Bertz CT molecular complexity index is 954. The van der Waals surface area contributed by atoms with E-state index in [-0.39, 0.29) is 6.03 Å². The highest BCUT2D eigenvalue weighted by Gasteiger charge is 2.07. The number of hydrogen-bond acceptors (Lipinski definition) is 6. The van der Waals surface area contributed by atoms with Crippen LogP contribution in [0.1, 0.15) is 5.56 Å². The van der Waals surface area contributed by atoms with Crippen molar-refractivity contribution in [2.24, 2.45) is 0 Å². The SMILES string of the molecule is COc1cccc(OCCNC(=O)Nc2ccc(Sc3ncccn3)cc2C)c1. The summed E-state index contributed by atoms with van der Waals surface area (Å²) < 4.78 is 10.8. The van der Waals surface area contributed by atoms with Gasteiger partial charge in [-0.15, -0.1) is 0 Å². The quantitative estimate of drug-likeness (QED) is 0.429. The van der Waals surface area contributed by atoms with Crippen molar-refractivity contribution < 1.29 is 14.3 Å². The van der Waals surface area contributed by atoms with Gasteiger partial charge in [-0.3, -0.25) is 0 Å². The molecule has 8 heteroatoms. The van der Waals surface area contributed by atoms with Crippen LogP contribution in [0.3, 0.4) is 0 Å². The minimum Gasteiger partial charge on any atom is -0.497 e. The molecule has 150 valence electrons. The van der Waals surface area contributed by atoms with Crippen LogP contribution in [0.2, 0.25) is 0 Å². The molecular formula is C21H22N4O3S. The van der Waals surface area contributed by atoms with Gasteiger partial charge in [-0.05, 0) is 60.6 Å². The molecule has 0 fully saturated rings. The summed E-state index contributed by atoms with van der Waals surface area (Å²) in [6.45, 7) is 2.67. The van der Waals surface area contributed by atoms with Crippen LogP contribution in [0, 0.1) is 6.92 Å². The second-order valence-electron chi connectivity index (χ2n) is 6.02. The van der Waals surface area contributed by atoms with Crippen LogP contribution in [0.25, 0.3) is 0 Å². The van der Waals surface area contributed by atoms with Crippen LogP contribution < -0.4 is 20.1 Å². The summed E-state index contributed by atoms with van der Waals surface area (Å²) in [6, 6.07) is 14.6. The van der Waals surface area contributed by atoms with E-state index >= 15 is 0 Å². The fourth-order valence-corrected chi connectivity index (χ4v) is 3.28. The number of aromatic nitrogens is 2. The van der Waals surface area contributed by atoms with Crippen LogP contribution in [0.5, 0.6) is 11.5 Å². The topological polar surface area (TPSA) is 85.4 Å². The number of hydrogen-bond donors (Lipinski definition) is 2. The van der Waals surface area contributed by atoms with Crippen molar-refractivity contribution >= 4 is 23.5 Å². The zero-order valence-electron chi connectivity index (χ0n) is 16.2. The van der Waals surface area contributed by atoms with Gasteiger partial charge in [0.15, 0.2) is 5.16 Å². The normalized spacial score (nSPS) is 10.3. The summed E-state index contributed by atoms with van der Waals surface area (Å²) in [5.41, 5.74) is 1.70. The number of methoxy groups -OCH3 is 1. The number of urea groups is 1. The van der Waals surface area contributed by atoms with Crippen molar-refractivity contribution in [3.05, 3.63) is 66.5 Å². The molecule has 0 radical (unpaired) electrons. The van der Waals surface area contributed by atoms with Gasteiger partial charge >= 0.3 is 6.03 Å². The molecule has 2 N–H and O–H groups in total. The third-order valence-corrected chi connectivity index (χ3v) is 4.78. The molecule has 3 rings (SSSR count). The minimum atomic E-state index is -0.283. The maximum absolute atomic E-state index is 12.1. The molecule has 2 aromatic carbocycles. The van der Waals surface area contributed by atoms with E-state index in [9.17, 15) is 4.79 Å². The molecule has 0 saturated carbocycles. The predicted octanol–water partition coefficient (Wildman–Crippen LogP) is 4.15. The molecule has 2 amide bonds. The lowest BCUT2D eigenvalue weighted by atomic mass is 10.2. The summed E-state index contributed by atoms with van der Waals surface area (Å²) in [7, 11) is 1.60. The van der Waals surface area contributed by atoms with Crippen LogP contribution in [-0.2, 0) is 0 Å². The van der Waals surface area contributed by atoms with E-state index in [4.69, 9.17) is 9.47 Å². The zero-order chi connectivity index (χ0) is 20.5. The molecule has 0 bridgehead atoms. The number of aryl methyl sites for hydroxylation is 1. The smallest absolute Gasteiger partial charge is 0.319 e. The van der Waals surface area contributed by atoms with Crippen molar-refractivity contribution in [3.63, 3.8) is 0 Å². The molecular weight excluding hydrogens is 388 g/mol. The number of ether oxygens (including phenoxy) is 2. The van der Waals surface area contributed by atoms with Gasteiger partial charge in [-0.2, -0.15) is 0 Å². The molecule has 29 heavy (non-hydrogen) atoms. The first-order chi connectivity index (χ1) is 14.1. The lowest BCUT2D eigenvalue weighted by Gasteiger charge is -2.12. The van der Waals surface area contributed by atoms with Gasteiger partial charge in [0, 0.05) is 29.0 Å². The van der Waals surface area contributed by atoms with E-state index in [0.717, 1.165) is 21.9 Å². The Morgan fingerprint density at radius 3 is 2.62 bits per heavy atom. The predicted molar refractivity (Wildman–Crippen MR) is 113 cm³/mol. The lowest BCUT2D eigenvalue weighted by molar-refractivity contribution is 0.247. The number of carbonyl (C=O) groups is 1. The number of amides is 2. The van der Waals surface area contributed by atoms with Crippen molar-refractivity contribution in [1.29, 1.82) is 0 Å². The van der Waals surface area contributed by atoms with Gasteiger partial charge in [0.1, 0.15) is 18.1 Å². The maximum Gasteiger partial charge on any atom is 0.319 e. The molecule has 1 heterocycles. The highest BCUT2D eigenvalue weighted by atomic mass is 32.2. The molecule has 0 spiro atoms.